The van der Waals surface area contributed by atoms with Gasteiger partial charge in [0.2, 0.25) is 0 Å². The number of carboxylic acids is 1. The standard InChI is InChI=1S/C27H22ClFN4O7/c28-19-8-4-16(5-9-19)26(37)31-12-13-32(27(38)17-6-10-20(29)11-7-17)25(31)24(36)30-22(15-23(34)35)18-2-1-3-21(14-18)33(39)40/h1-11,14,22,25H,12-13,15H2,(H,30,36)(H,34,35). The van der Waals surface area contributed by atoms with Crippen LogP contribution >= 0.6 is 11.6 Å². The summed E-state index contributed by atoms with van der Waals surface area (Å²) in [7, 11) is 0. The minimum Gasteiger partial charge on any atom is -0.481 e. The van der Waals surface area contributed by atoms with Crippen LogP contribution < -0.4 is 5.32 Å². The first kappa shape index (κ1) is 28.2. The van der Waals surface area contributed by atoms with Crippen molar-refractivity contribution in [1.29, 1.82) is 0 Å². The molecule has 1 saturated heterocycles. The largest absolute Gasteiger partial charge is 0.481 e. The molecule has 13 heteroatoms. The van der Waals surface area contributed by atoms with Crippen LogP contribution in [0, 0.1) is 15.9 Å². The Hall–Kier alpha value is -4.84. The van der Waals surface area contributed by atoms with Gasteiger partial charge in [-0.3, -0.25) is 29.3 Å². The molecule has 4 rings (SSSR count). The fraction of sp³-hybridized carbons (Fsp3) is 0.185. The van der Waals surface area contributed by atoms with E-state index in [-0.39, 0.29) is 35.5 Å². The van der Waals surface area contributed by atoms with E-state index in [2.05, 4.69) is 5.32 Å². The summed E-state index contributed by atoms with van der Waals surface area (Å²) in [5.41, 5.74) is 0.102. The molecule has 2 N–H and O–H groups in total. The molecular formula is C27H22ClFN4O7. The number of carbonyl (C=O) groups excluding carboxylic acids is 3. The van der Waals surface area contributed by atoms with Crippen LogP contribution in [0.4, 0.5) is 10.1 Å². The van der Waals surface area contributed by atoms with Crippen molar-refractivity contribution in [3.8, 4) is 0 Å². The highest BCUT2D eigenvalue weighted by Crippen LogP contribution is 2.26. The van der Waals surface area contributed by atoms with Gasteiger partial charge >= 0.3 is 5.97 Å². The van der Waals surface area contributed by atoms with Crippen LogP contribution in [0.5, 0.6) is 0 Å². The highest BCUT2D eigenvalue weighted by molar-refractivity contribution is 6.30. The number of nitrogens with zero attached hydrogens (tertiary/aromatic N) is 3. The number of benzene rings is 3. The average Bonchev–Trinajstić information content (AvgIpc) is 3.38. The molecule has 40 heavy (non-hydrogen) atoms. The Balaban J connectivity index is 1.69. The summed E-state index contributed by atoms with van der Waals surface area (Å²) < 4.78 is 13.5. The third-order valence-corrected chi connectivity index (χ3v) is 6.54. The molecule has 0 bridgehead atoms. The monoisotopic (exact) mass is 568 g/mol. The predicted octanol–water partition coefficient (Wildman–Crippen LogP) is 3.64. The summed E-state index contributed by atoms with van der Waals surface area (Å²) in [5.74, 6) is -3.99. The minimum atomic E-state index is -1.50. The van der Waals surface area contributed by atoms with Crippen molar-refractivity contribution in [1.82, 2.24) is 15.1 Å². The molecule has 0 aromatic heterocycles. The maximum atomic E-state index is 13.7. The Kier molecular flexibility index (Phi) is 8.39. The Morgan fingerprint density at radius 1 is 0.975 bits per heavy atom. The number of carboxylic acid groups (broad SMARTS) is 1. The van der Waals surface area contributed by atoms with Gasteiger partial charge in [0.25, 0.3) is 23.4 Å². The van der Waals surface area contributed by atoms with Gasteiger partial charge in [-0.2, -0.15) is 0 Å². The zero-order chi connectivity index (χ0) is 29.0. The highest BCUT2D eigenvalue weighted by atomic mass is 35.5. The highest BCUT2D eigenvalue weighted by Gasteiger charge is 2.44. The number of hydrogen-bond acceptors (Lipinski definition) is 6. The zero-order valence-corrected chi connectivity index (χ0v) is 21.5. The number of rotatable bonds is 8. The lowest BCUT2D eigenvalue weighted by Crippen LogP contribution is -2.54. The molecule has 11 nitrogen and oxygen atoms in total. The van der Waals surface area contributed by atoms with Gasteiger partial charge in [-0.15, -0.1) is 0 Å². The quantitative estimate of drug-likeness (QED) is 0.311. The molecule has 2 atom stereocenters. The number of nitro groups is 1. The minimum absolute atomic E-state index is 0.0348. The normalized spacial score (nSPS) is 15.4. The van der Waals surface area contributed by atoms with Crippen molar-refractivity contribution in [2.75, 3.05) is 13.1 Å². The molecule has 1 aliphatic rings. The molecule has 206 valence electrons. The lowest BCUT2D eigenvalue weighted by atomic mass is 10.0. The number of aliphatic carboxylic acids is 1. The predicted molar refractivity (Wildman–Crippen MR) is 140 cm³/mol. The van der Waals surface area contributed by atoms with Gasteiger partial charge in [0.1, 0.15) is 5.82 Å². The van der Waals surface area contributed by atoms with Crippen LogP contribution in [-0.4, -0.2) is 62.8 Å². The van der Waals surface area contributed by atoms with Crippen LogP contribution in [0.15, 0.2) is 72.8 Å². The molecule has 3 aromatic rings. The molecule has 0 spiro atoms. The molecule has 0 radical (unpaired) electrons. The van der Waals surface area contributed by atoms with Gasteiger partial charge in [0.15, 0.2) is 6.17 Å². The number of nitro benzene ring substituents is 1. The summed E-state index contributed by atoms with van der Waals surface area (Å²) in [6, 6.07) is 14.5. The SMILES string of the molecule is O=C(O)CC(NC(=O)C1N(C(=O)c2ccc(F)cc2)CCN1C(=O)c1ccc(Cl)cc1)c1cccc([N+](=O)[O-])c1. The maximum Gasteiger partial charge on any atom is 0.305 e. The van der Waals surface area contributed by atoms with Gasteiger partial charge in [-0.05, 0) is 54.1 Å². The molecule has 1 fully saturated rings. The smallest absolute Gasteiger partial charge is 0.305 e. The number of nitrogens with one attached hydrogen (secondary N) is 1. The first-order valence-electron chi connectivity index (χ1n) is 11.9. The maximum absolute atomic E-state index is 13.7. The van der Waals surface area contributed by atoms with E-state index < -0.39 is 53.1 Å². The van der Waals surface area contributed by atoms with E-state index in [9.17, 15) is 38.8 Å². The van der Waals surface area contributed by atoms with Gasteiger partial charge in [-0.1, -0.05) is 23.7 Å². The van der Waals surface area contributed by atoms with Crippen LogP contribution in [-0.2, 0) is 9.59 Å². The second-order valence-electron chi connectivity index (χ2n) is 8.90. The molecule has 2 unspecified atom stereocenters. The fourth-order valence-electron chi connectivity index (χ4n) is 4.38. The third kappa shape index (κ3) is 6.24. The first-order chi connectivity index (χ1) is 19.0. The lowest BCUT2D eigenvalue weighted by molar-refractivity contribution is -0.384. The van der Waals surface area contributed by atoms with Gasteiger partial charge in [-0.25, -0.2) is 4.39 Å². The summed E-state index contributed by atoms with van der Waals surface area (Å²) in [6.45, 7) is -0.0824. The van der Waals surface area contributed by atoms with Gasteiger partial charge in [0, 0.05) is 41.4 Å². The molecule has 3 amide bonds. The molecule has 1 heterocycles. The van der Waals surface area contributed by atoms with Crippen LogP contribution in [0.25, 0.3) is 0 Å². The lowest BCUT2D eigenvalue weighted by Gasteiger charge is -2.31. The van der Waals surface area contributed by atoms with Crippen LogP contribution in [0.3, 0.4) is 0 Å². The number of halogens is 2. The molecule has 0 aliphatic carbocycles. The van der Waals surface area contributed by atoms with Gasteiger partial charge in [0.05, 0.1) is 17.4 Å². The van der Waals surface area contributed by atoms with E-state index in [0.717, 1.165) is 28.0 Å². The van der Waals surface area contributed by atoms with Crippen molar-refractivity contribution < 1.29 is 33.6 Å². The first-order valence-corrected chi connectivity index (χ1v) is 12.3. The van der Waals surface area contributed by atoms with Crippen molar-refractivity contribution in [3.05, 3.63) is 110 Å². The summed E-state index contributed by atoms with van der Waals surface area (Å²) >= 11 is 5.93. The number of hydrogen-bond donors (Lipinski definition) is 2. The number of amides is 3. The van der Waals surface area contributed by atoms with E-state index in [1.165, 1.54) is 54.6 Å². The second-order valence-corrected chi connectivity index (χ2v) is 9.33. The molecule has 0 saturated carbocycles. The fourth-order valence-corrected chi connectivity index (χ4v) is 4.51. The summed E-state index contributed by atoms with van der Waals surface area (Å²) in [4.78, 5) is 65.0. The Labute approximate surface area is 231 Å². The van der Waals surface area contributed by atoms with Crippen molar-refractivity contribution in [3.63, 3.8) is 0 Å². The van der Waals surface area contributed by atoms with E-state index in [1.807, 2.05) is 0 Å². The number of non-ortho nitro benzene ring substituents is 1. The zero-order valence-electron chi connectivity index (χ0n) is 20.7. The van der Waals surface area contributed by atoms with Crippen LogP contribution in [0.1, 0.15) is 38.7 Å². The summed E-state index contributed by atoms with van der Waals surface area (Å²) in [5, 5.41) is 23.7. The molecule has 3 aromatic carbocycles. The van der Waals surface area contributed by atoms with Crippen molar-refractivity contribution in [2.24, 2.45) is 0 Å². The van der Waals surface area contributed by atoms with E-state index in [4.69, 9.17) is 11.6 Å². The Morgan fingerprint density at radius 3 is 2.05 bits per heavy atom. The van der Waals surface area contributed by atoms with Crippen LogP contribution in [0.2, 0.25) is 5.02 Å². The average molecular weight is 569 g/mol. The van der Waals surface area contributed by atoms with E-state index in [1.54, 1.807) is 0 Å². The Bertz CT molecular complexity index is 1400. The van der Waals surface area contributed by atoms with E-state index in [0.29, 0.717) is 5.02 Å². The van der Waals surface area contributed by atoms with Crippen molar-refractivity contribution in [2.45, 2.75) is 18.6 Å². The summed E-state index contributed by atoms with van der Waals surface area (Å²) in [6.07, 6.45) is -2.13. The number of carbonyl (C=O) groups is 4. The Morgan fingerprint density at radius 2 is 1.52 bits per heavy atom. The second kappa shape index (κ2) is 11.9. The van der Waals surface area contributed by atoms with Gasteiger partial charge < -0.3 is 20.2 Å². The third-order valence-electron chi connectivity index (χ3n) is 6.29. The molecular weight excluding hydrogens is 547 g/mol. The molecule has 1 aliphatic heterocycles. The topological polar surface area (TPSA) is 150 Å². The van der Waals surface area contributed by atoms with E-state index >= 15 is 0 Å². The van der Waals surface area contributed by atoms with Crippen molar-refractivity contribution >= 4 is 41.0 Å².